The van der Waals surface area contributed by atoms with Crippen molar-refractivity contribution in [2.45, 2.75) is 50.5 Å². The summed E-state index contributed by atoms with van der Waals surface area (Å²) < 4.78 is 77.8. The topological polar surface area (TPSA) is 64.6 Å². The Morgan fingerprint density at radius 1 is 0.968 bits per heavy atom. The second-order valence-electron chi connectivity index (χ2n) is 8.18. The van der Waals surface area contributed by atoms with Crippen LogP contribution in [0.15, 0.2) is 12.1 Å². The number of nitrogens with zero attached hydrogens (tertiary/aromatic N) is 1. The molecule has 1 heterocycles. The second kappa shape index (κ2) is 8.66. The number of anilines is 3. The van der Waals surface area contributed by atoms with E-state index in [0.717, 1.165) is 0 Å². The van der Waals surface area contributed by atoms with Gasteiger partial charge in [0, 0.05) is 26.2 Å². The Hall–Kier alpha value is -2.33. The highest BCUT2D eigenvalue weighted by Gasteiger charge is 2.44. The number of carbonyl (C=O) groups is 1. The van der Waals surface area contributed by atoms with Crippen LogP contribution in [0.1, 0.15) is 42.5 Å². The van der Waals surface area contributed by atoms with E-state index in [2.05, 4.69) is 10.6 Å². The molecule has 11 heteroatoms. The molecule has 5 nitrogen and oxygen atoms in total. The Kier molecular flexibility index (Phi) is 6.52. The van der Waals surface area contributed by atoms with Gasteiger partial charge in [0.2, 0.25) is 0 Å². The predicted molar refractivity (Wildman–Crippen MR) is 105 cm³/mol. The van der Waals surface area contributed by atoms with Gasteiger partial charge in [-0.3, -0.25) is 0 Å². The minimum absolute atomic E-state index is 0.00741. The molecule has 2 aliphatic rings. The van der Waals surface area contributed by atoms with Gasteiger partial charge in [-0.2, -0.15) is 26.3 Å². The molecule has 31 heavy (non-hydrogen) atoms. The number of rotatable bonds is 5. The Balaban J connectivity index is 1.80. The SMILES string of the molecule is CNc1cc(N2CCC(C(F)(F)F)C2)c(C(=O)O)cc1NC1CCC(C(F)(F)F)CC1. The van der Waals surface area contributed by atoms with Crippen LogP contribution in [0.2, 0.25) is 0 Å². The fourth-order valence-electron chi connectivity index (χ4n) is 4.38. The summed E-state index contributed by atoms with van der Waals surface area (Å²) in [5.41, 5.74) is 0.933. The molecule has 1 unspecified atom stereocenters. The molecule has 1 aromatic carbocycles. The molecule has 174 valence electrons. The first-order valence-electron chi connectivity index (χ1n) is 10.1. The summed E-state index contributed by atoms with van der Waals surface area (Å²) in [6.07, 6.45) is -8.11. The number of carboxylic acids is 1. The average molecular weight is 453 g/mol. The number of benzene rings is 1. The monoisotopic (exact) mass is 453 g/mol. The number of halogens is 6. The lowest BCUT2D eigenvalue weighted by molar-refractivity contribution is -0.182. The molecule has 0 spiro atoms. The van der Waals surface area contributed by atoms with Crippen molar-refractivity contribution in [3.63, 3.8) is 0 Å². The first kappa shape index (κ1) is 23.3. The standard InChI is InChI=1S/C20H25F6N3O2/c1-27-15-9-17(29-7-6-12(10-29)20(24,25)26)14(18(30)31)8-16(15)28-13-4-2-11(3-5-13)19(21,22)23/h8-9,11-13,27-28H,2-7,10H2,1H3,(H,30,31). The molecule has 0 amide bonds. The van der Waals surface area contributed by atoms with Crippen LogP contribution in [0.25, 0.3) is 0 Å². The van der Waals surface area contributed by atoms with Crippen molar-refractivity contribution in [3.05, 3.63) is 17.7 Å². The first-order chi connectivity index (χ1) is 14.4. The summed E-state index contributed by atoms with van der Waals surface area (Å²) in [7, 11) is 1.59. The highest BCUT2D eigenvalue weighted by Crippen LogP contribution is 2.41. The molecule has 1 aliphatic heterocycles. The van der Waals surface area contributed by atoms with Gasteiger partial charge in [-0.05, 0) is 44.2 Å². The molecular formula is C20H25F6N3O2. The zero-order chi connectivity index (χ0) is 23.0. The quantitative estimate of drug-likeness (QED) is 0.525. The summed E-state index contributed by atoms with van der Waals surface area (Å²) in [6.45, 7) is -0.233. The molecule has 1 atom stereocenters. The number of carboxylic acid groups (broad SMARTS) is 1. The average Bonchev–Trinajstić information content (AvgIpc) is 3.18. The molecule has 1 aliphatic carbocycles. The highest BCUT2D eigenvalue weighted by atomic mass is 19.4. The maximum absolute atomic E-state index is 13.0. The van der Waals surface area contributed by atoms with Crippen LogP contribution in [0.5, 0.6) is 0 Å². The van der Waals surface area contributed by atoms with Gasteiger partial charge in [0.15, 0.2) is 0 Å². The molecular weight excluding hydrogens is 428 g/mol. The van der Waals surface area contributed by atoms with E-state index in [9.17, 15) is 36.2 Å². The normalized spacial score (nSPS) is 24.9. The van der Waals surface area contributed by atoms with E-state index in [1.165, 1.54) is 17.0 Å². The molecule has 3 rings (SSSR count). The van der Waals surface area contributed by atoms with E-state index < -0.39 is 30.2 Å². The van der Waals surface area contributed by atoms with Crippen molar-refractivity contribution in [1.82, 2.24) is 0 Å². The molecule has 0 aromatic heterocycles. The van der Waals surface area contributed by atoms with Crippen molar-refractivity contribution < 1.29 is 36.2 Å². The Labute approximate surface area is 175 Å². The number of aromatic carboxylic acids is 1. The van der Waals surface area contributed by atoms with Gasteiger partial charge in [0.05, 0.1) is 34.5 Å². The third-order valence-corrected chi connectivity index (χ3v) is 6.18. The van der Waals surface area contributed by atoms with Crippen molar-refractivity contribution >= 4 is 23.0 Å². The lowest BCUT2D eigenvalue weighted by Gasteiger charge is -2.32. The lowest BCUT2D eigenvalue weighted by atomic mass is 9.85. The minimum atomic E-state index is -4.35. The zero-order valence-electron chi connectivity index (χ0n) is 16.9. The van der Waals surface area contributed by atoms with Crippen molar-refractivity contribution in [1.29, 1.82) is 0 Å². The largest absolute Gasteiger partial charge is 0.478 e. The lowest BCUT2D eigenvalue weighted by Crippen LogP contribution is -2.33. The van der Waals surface area contributed by atoms with Gasteiger partial charge in [-0.1, -0.05) is 0 Å². The van der Waals surface area contributed by atoms with Crippen molar-refractivity contribution in [2.24, 2.45) is 11.8 Å². The first-order valence-corrected chi connectivity index (χ1v) is 10.1. The summed E-state index contributed by atoms with van der Waals surface area (Å²) in [4.78, 5) is 13.2. The van der Waals surface area contributed by atoms with Gasteiger partial charge in [0.25, 0.3) is 0 Å². The number of hydrogen-bond acceptors (Lipinski definition) is 4. The van der Waals surface area contributed by atoms with Gasteiger partial charge in [0.1, 0.15) is 0 Å². The molecule has 1 saturated carbocycles. The maximum atomic E-state index is 13.0. The van der Waals surface area contributed by atoms with E-state index in [4.69, 9.17) is 0 Å². The van der Waals surface area contributed by atoms with E-state index in [-0.39, 0.29) is 62.5 Å². The summed E-state index contributed by atoms with van der Waals surface area (Å²) in [6, 6.07) is 2.59. The van der Waals surface area contributed by atoms with Gasteiger partial charge in [-0.15, -0.1) is 0 Å². The fraction of sp³-hybridized carbons (Fsp3) is 0.650. The second-order valence-corrected chi connectivity index (χ2v) is 8.18. The zero-order valence-corrected chi connectivity index (χ0v) is 16.9. The van der Waals surface area contributed by atoms with Crippen LogP contribution in [-0.4, -0.2) is 49.6 Å². The van der Waals surface area contributed by atoms with E-state index in [0.29, 0.717) is 11.4 Å². The van der Waals surface area contributed by atoms with Gasteiger partial charge < -0.3 is 20.6 Å². The Morgan fingerprint density at radius 2 is 1.58 bits per heavy atom. The summed E-state index contributed by atoms with van der Waals surface area (Å²) in [5.74, 6) is -4.13. The Morgan fingerprint density at radius 3 is 2.06 bits per heavy atom. The minimum Gasteiger partial charge on any atom is -0.478 e. The molecule has 0 radical (unpaired) electrons. The number of alkyl halides is 6. The van der Waals surface area contributed by atoms with Crippen LogP contribution >= 0.6 is 0 Å². The van der Waals surface area contributed by atoms with Crippen LogP contribution in [0, 0.1) is 11.8 Å². The van der Waals surface area contributed by atoms with Crippen molar-refractivity contribution in [3.8, 4) is 0 Å². The van der Waals surface area contributed by atoms with E-state index >= 15 is 0 Å². The van der Waals surface area contributed by atoms with Gasteiger partial charge in [-0.25, -0.2) is 4.79 Å². The highest BCUT2D eigenvalue weighted by molar-refractivity contribution is 5.98. The van der Waals surface area contributed by atoms with E-state index in [1.54, 1.807) is 7.05 Å². The van der Waals surface area contributed by atoms with Crippen LogP contribution in [0.3, 0.4) is 0 Å². The fourth-order valence-corrected chi connectivity index (χ4v) is 4.38. The maximum Gasteiger partial charge on any atom is 0.393 e. The molecule has 3 N–H and O–H groups in total. The van der Waals surface area contributed by atoms with Crippen molar-refractivity contribution in [2.75, 3.05) is 35.7 Å². The number of nitrogens with one attached hydrogen (secondary N) is 2. The van der Waals surface area contributed by atoms with Crippen LogP contribution in [-0.2, 0) is 0 Å². The Bertz CT molecular complexity index is 803. The van der Waals surface area contributed by atoms with Gasteiger partial charge >= 0.3 is 18.3 Å². The number of hydrogen-bond donors (Lipinski definition) is 3. The third-order valence-electron chi connectivity index (χ3n) is 6.18. The third kappa shape index (κ3) is 5.30. The summed E-state index contributed by atoms with van der Waals surface area (Å²) >= 11 is 0. The van der Waals surface area contributed by atoms with Crippen LogP contribution < -0.4 is 15.5 Å². The van der Waals surface area contributed by atoms with Crippen LogP contribution in [0.4, 0.5) is 43.4 Å². The molecule has 1 saturated heterocycles. The molecule has 1 aromatic rings. The predicted octanol–water partition coefficient (Wildman–Crippen LogP) is 5.35. The van der Waals surface area contributed by atoms with E-state index in [1.807, 2.05) is 0 Å². The molecule has 0 bridgehead atoms. The summed E-state index contributed by atoms with van der Waals surface area (Å²) in [5, 5.41) is 15.7. The smallest absolute Gasteiger partial charge is 0.393 e. The molecule has 2 fully saturated rings.